The molecule has 0 aliphatic heterocycles. The van der Waals surface area contributed by atoms with Gasteiger partial charge in [0.2, 0.25) is 0 Å². The summed E-state index contributed by atoms with van der Waals surface area (Å²) in [7, 11) is 0. The molecule has 4 nitrogen and oxygen atoms in total. The van der Waals surface area contributed by atoms with Crippen LogP contribution in [-0.4, -0.2) is 11.1 Å². The number of nitrogens with one attached hydrogen (secondary N) is 1. The smallest absolute Gasteiger partial charge is 0.337 e. The molecule has 0 unspecified atom stereocenters. The lowest BCUT2D eigenvalue weighted by Crippen LogP contribution is -2.03. The monoisotopic (exact) mass is 280 g/mol. The van der Waals surface area contributed by atoms with Gasteiger partial charge < -0.3 is 16.2 Å². The number of nitrogen functional groups attached to an aromatic ring is 1. The zero-order chi connectivity index (χ0) is 14.0. The average Bonchev–Trinajstić information content (AvgIpc) is 2.33. The summed E-state index contributed by atoms with van der Waals surface area (Å²) < 4.78 is 13.3. The van der Waals surface area contributed by atoms with Gasteiger partial charge in [0, 0.05) is 11.4 Å². The van der Waals surface area contributed by atoms with Gasteiger partial charge >= 0.3 is 5.97 Å². The van der Waals surface area contributed by atoms with Gasteiger partial charge in [0.05, 0.1) is 16.3 Å². The van der Waals surface area contributed by atoms with Crippen molar-refractivity contribution < 1.29 is 14.3 Å². The van der Waals surface area contributed by atoms with Crippen LogP contribution in [0.3, 0.4) is 0 Å². The SMILES string of the molecule is Nc1ccc(C(=O)O)c(Nc2ccc(Cl)c(F)c2)c1. The molecule has 0 spiro atoms. The summed E-state index contributed by atoms with van der Waals surface area (Å²) in [5.74, 6) is -1.69. The second-order valence-corrected chi connectivity index (χ2v) is 4.27. The van der Waals surface area contributed by atoms with Crippen LogP contribution in [0.2, 0.25) is 5.02 Å². The number of carbonyl (C=O) groups is 1. The van der Waals surface area contributed by atoms with Crippen molar-refractivity contribution in [2.45, 2.75) is 0 Å². The summed E-state index contributed by atoms with van der Waals surface area (Å²) in [5.41, 5.74) is 6.73. The molecule has 2 aromatic carbocycles. The van der Waals surface area contributed by atoms with Crippen LogP contribution in [0, 0.1) is 5.82 Å². The van der Waals surface area contributed by atoms with Gasteiger partial charge in [0.15, 0.2) is 0 Å². The quantitative estimate of drug-likeness (QED) is 0.752. The summed E-state index contributed by atoms with van der Waals surface area (Å²) >= 11 is 5.57. The van der Waals surface area contributed by atoms with E-state index >= 15 is 0 Å². The molecule has 0 fully saturated rings. The summed E-state index contributed by atoms with van der Waals surface area (Å²) in [6, 6.07) is 8.43. The highest BCUT2D eigenvalue weighted by molar-refractivity contribution is 6.30. The minimum Gasteiger partial charge on any atom is -0.478 e. The number of carboxylic acids is 1. The number of rotatable bonds is 3. The molecule has 6 heteroatoms. The van der Waals surface area contributed by atoms with Gasteiger partial charge in [-0.3, -0.25) is 0 Å². The number of benzene rings is 2. The molecule has 98 valence electrons. The lowest BCUT2D eigenvalue weighted by molar-refractivity contribution is 0.0698. The van der Waals surface area contributed by atoms with E-state index in [2.05, 4.69) is 5.32 Å². The molecule has 0 bridgehead atoms. The first-order valence-corrected chi connectivity index (χ1v) is 5.70. The average molecular weight is 281 g/mol. The molecular formula is C13H10ClFN2O2. The fourth-order valence-corrected chi connectivity index (χ4v) is 1.70. The molecule has 0 amide bonds. The second-order valence-electron chi connectivity index (χ2n) is 3.86. The maximum Gasteiger partial charge on any atom is 0.337 e. The van der Waals surface area contributed by atoms with Crippen LogP contribution in [0.1, 0.15) is 10.4 Å². The van der Waals surface area contributed by atoms with Crippen molar-refractivity contribution in [1.29, 1.82) is 0 Å². The van der Waals surface area contributed by atoms with Crippen molar-refractivity contribution >= 4 is 34.6 Å². The topological polar surface area (TPSA) is 75.4 Å². The number of anilines is 3. The molecule has 0 radical (unpaired) electrons. The highest BCUT2D eigenvalue weighted by Gasteiger charge is 2.11. The summed E-state index contributed by atoms with van der Waals surface area (Å²) in [4.78, 5) is 11.1. The van der Waals surface area contributed by atoms with Crippen molar-refractivity contribution in [3.63, 3.8) is 0 Å². The Morgan fingerprint density at radius 2 is 2.00 bits per heavy atom. The number of halogens is 2. The minimum absolute atomic E-state index is 0.00316. The second kappa shape index (κ2) is 5.16. The zero-order valence-corrected chi connectivity index (χ0v) is 10.4. The van der Waals surface area contributed by atoms with Crippen molar-refractivity contribution in [3.05, 3.63) is 52.8 Å². The van der Waals surface area contributed by atoms with E-state index in [4.69, 9.17) is 22.4 Å². The van der Waals surface area contributed by atoms with Gasteiger partial charge in [-0.1, -0.05) is 11.6 Å². The summed E-state index contributed by atoms with van der Waals surface area (Å²) in [6.07, 6.45) is 0. The Morgan fingerprint density at radius 3 is 2.63 bits per heavy atom. The standard InChI is InChI=1S/C13H10ClFN2O2/c14-10-4-2-8(6-11(10)15)17-12-5-7(16)1-3-9(12)13(18)19/h1-6,17H,16H2,(H,18,19). The predicted molar refractivity (Wildman–Crippen MR) is 72.5 cm³/mol. The minimum atomic E-state index is -1.10. The van der Waals surface area contributed by atoms with Crippen LogP contribution in [0.15, 0.2) is 36.4 Å². The summed E-state index contributed by atoms with van der Waals surface area (Å²) in [5, 5.41) is 11.9. The third-order valence-electron chi connectivity index (χ3n) is 2.47. The van der Waals surface area contributed by atoms with E-state index in [1.54, 1.807) is 6.07 Å². The Kier molecular flexibility index (Phi) is 3.57. The number of hydrogen-bond acceptors (Lipinski definition) is 3. The molecule has 0 aromatic heterocycles. The van der Waals surface area contributed by atoms with Crippen LogP contribution in [-0.2, 0) is 0 Å². The van der Waals surface area contributed by atoms with Gasteiger partial charge in [0.1, 0.15) is 5.82 Å². The van der Waals surface area contributed by atoms with E-state index in [0.29, 0.717) is 11.4 Å². The van der Waals surface area contributed by atoms with Gasteiger partial charge in [-0.05, 0) is 36.4 Å². The first kappa shape index (κ1) is 13.2. The number of aromatic carboxylic acids is 1. The third-order valence-corrected chi connectivity index (χ3v) is 2.78. The number of nitrogens with two attached hydrogens (primary N) is 1. The molecular weight excluding hydrogens is 271 g/mol. The van der Waals surface area contributed by atoms with E-state index in [0.717, 1.165) is 0 Å². The lowest BCUT2D eigenvalue weighted by Gasteiger charge is -2.10. The van der Waals surface area contributed by atoms with Gasteiger partial charge in [-0.2, -0.15) is 0 Å². The Labute approximate surface area is 113 Å². The molecule has 0 aliphatic rings. The third kappa shape index (κ3) is 2.95. The van der Waals surface area contributed by atoms with Crippen molar-refractivity contribution in [1.82, 2.24) is 0 Å². The van der Waals surface area contributed by atoms with Crippen LogP contribution >= 0.6 is 11.6 Å². The lowest BCUT2D eigenvalue weighted by atomic mass is 10.1. The Bertz CT molecular complexity index is 647. The van der Waals surface area contributed by atoms with Crippen LogP contribution in [0.25, 0.3) is 0 Å². The van der Waals surface area contributed by atoms with Crippen molar-refractivity contribution in [2.75, 3.05) is 11.1 Å². The van der Waals surface area contributed by atoms with Gasteiger partial charge in [-0.15, -0.1) is 0 Å². The van der Waals surface area contributed by atoms with Gasteiger partial charge in [0.25, 0.3) is 0 Å². The summed E-state index contributed by atoms with van der Waals surface area (Å²) in [6.45, 7) is 0. The van der Waals surface area contributed by atoms with E-state index in [1.807, 2.05) is 0 Å². The zero-order valence-electron chi connectivity index (χ0n) is 9.65. The maximum atomic E-state index is 13.3. The Morgan fingerprint density at radius 1 is 1.26 bits per heavy atom. The molecule has 2 rings (SSSR count). The van der Waals surface area contributed by atoms with E-state index < -0.39 is 11.8 Å². The predicted octanol–water partition coefficient (Wildman–Crippen LogP) is 3.50. The highest BCUT2D eigenvalue weighted by atomic mass is 35.5. The van der Waals surface area contributed by atoms with E-state index in [-0.39, 0.29) is 16.3 Å². The fraction of sp³-hybridized carbons (Fsp3) is 0. The highest BCUT2D eigenvalue weighted by Crippen LogP contribution is 2.26. The number of hydrogen-bond donors (Lipinski definition) is 3. The largest absolute Gasteiger partial charge is 0.478 e. The van der Waals surface area contributed by atoms with Crippen molar-refractivity contribution in [2.24, 2.45) is 0 Å². The van der Waals surface area contributed by atoms with Crippen LogP contribution < -0.4 is 11.1 Å². The normalized spacial score (nSPS) is 10.2. The van der Waals surface area contributed by atoms with Crippen molar-refractivity contribution in [3.8, 4) is 0 Å². The molecule has 0 aliphatic carbocycles. The molecule has 2 aromatic rings. The molecule has 4 N–H and O–H groups in total. The Hall–Kier alpha value is -2.27. The molecule has 0 heterocycles. The Balaban J connectivity index is 2.39. The number of carboxylic acid groups (broad SMARTS) is 1. The fourth-order valence-electron chi connectivity index (χ4n) is 1.58. The van der Waals surface area contributed by atoms with Crippen LogP contribution in [0.4, 0.5) is 21.5 Å². The maximum absolute atomic E-state index is 13.3. The van der Waals surface area contributed by atoms with Crippen LogP contribution in [0.5, 0.6) is 0 Å². The van der Waals surface area contributed by atoms with E-state index in [1.165, 1.54) is 30.3 Å². The van der Waals surface area contributed by atoms with E-state index in [9.17, 15) is 9.18 Å². The molecule has 19 heavy (non-hydrogen) atoms. The molecule has 0 atom stereocenters. The van der Waals surface area contributed by atoms with Gasteiger partial charge in [-0.25, -0.2) is 9.18 Å². The first-order valence-electron chi connectivity index (χ1n) is 5.32. The molecule has 0 saturated carbocycles. The first-order chi connectivity index (χ1) is 8.97. The molecule has 0 saturated heterocycles.